The molecule has 0 bridgehead atoms. The summed E-state index contributed by atoms with van der Waals surface area (Å²) in [5.41, 5.74) is 0.660. The van der Waals surface area contributed by atoms with E-state index in [0.29, 0.717) is 24.5 Å². The van der Waals surface area contributed by atoms with Gasteiger partial charge in [0.1, 0.15) is 18.1 Å². The number of esters is 1. The minimum absolute atomic E-state index is 0.178. The maximum Gasteiger partial charge on any atom is 0.325 e. The molecular weight excluding hydrogens is 522 g/mol. The molecule has 0 aliphatic carbocycles. The van der Waals surface area contributed by atoms with E-state index in [1.54, 1.807) is 17.0 Å². The molecule has 0 spiro atoms. The first kappa shape index (κ1) is 24.6. The van der Waals surface area contributed by atoms with Crippen molar-refractivity contribution in [3.05, 3.63) is 27.5 Å². The van der Waals surface area contributed by atoms with Gasteiger partial charge in [0.25, 0.3) is 5.91 Å². The number of rotatable bonds is 6. The van der Waals surface area contributed by atoms with Gasteiger partial charge in [-0.1, -0.05) is 34.2 Å². The normalized spacial score (nSPS) is 17.5. The molecule has 1 saturated heterocycles. The van der Waals surface area contributed by atoms with Crippen molar-refractivity contribution in [3.63, 3.8) is 0 Å². The zero-order chi connectivity index (χ0) is 23.5. The van der Waals surface area contributed by atoms with Gasteiger partial charge < -0.3 is 14.2 Å². The van der Waals surface area contributed by atoms with Crippen LogP contribution in [0.4, 0.5) is 0 Å². The van der Waals surface area contributed by atoms with Crippen molar-refractivity contribution >= 4 is 65.1 Å². The largest absolute Gasteiger partial charge is 0.468 e. The fourth-order valence-corrected chi connectivity index (χ4v) is 6.25. The zero-order valence-corrected chi connectivity index (χ0v) is 21.0. The van der Waals surface area contributed by atoms with E-state index >= 15 is 0 Å². The molecule has 1 aliphatic heterocycles. The molecule has 3 rings (SSSR count). The molecule has 1 aliphatic rings. The molecule has 2 heterocycles. The lowest BCUT2D eigenvalue weighted by Crippen LogP contribution is -2.42. The lowest BCUT2D eigenvalue weighted by atomic mass is 10.0. The summed E-state index contributed by atoms with van der Waals surface area (Å²) < 4.78 is 32.7. The van der Waals surface area contributed by atoms with Gasteiger partial charge in [-0.25, -0.2) is 8.42 Å². The summed E-state index contributed by atoms with van der Waals surface area (Å²) in [5, 5.41) is 0. The quantitative estimate of drug-likeness (QED) is 0.510. The number of carbonyl (C=O) groups is 3. The second-order valence-corrected chi connectivity index (χ2v) is 11.8. The van der Waals surface area contributed by atoms with Crippen molar-refractivity contribution in [2.24, 2.45) is 10.9 Å². The van der Waals surface area contributed by atoms with Crippen LogP contribution in [0.3, 0.4) is 0 Å². The van der Waals surface area contributed by atoms with E-state index in [0.717, 1.165) is 33.4 Å². The molecule has 1 atom stereocenters. The van der Waals surface area contributed by atoms with Crippen molar-refractivity contribution in [3.8, 4) is 0 Å². The minimum atomic E-state index is -3.98. The van der Waals surface area contributed by atoms with Crippen LogP contribution in [0.25, 0.3) is 10.2 Å². The van der Waals surface area contributed by atoms with E-state index in [2.05, 4.69) is 20.9 Å². The summed E-state index contributed by atoms with van der Waals surface area (Å²) in [7, 11) is -2.73. The van der Waals surface area contributed by atoms with Crippen molar-refractivity contribution in [1.82, 2.24) is 9.47 Å². The molecule has 12 heteroatoms. The van der Waals surface area contributed by atoms with E-state index in [4.69, 9.17) is 4.74 Å². The van der Waals surface area contributed by atoms with Gasteiger partial charge in [0, 0.05) is 17.6 Å². The summed E-state index contributed by atoms with van der Waals surface area (Å²) in [6.07, 6.45) is 1.84. The second kappa shape index (κ2) is 10.3. The lowest BCUT2D eigenvalue weighted by molar-refractivity contribution is -0.141. The third kappa shape index (κ3) is 6.26. The first-order valence-electron chi connectivity index (χ1n) is 9.99. The molecule has 9 nitrogen and oxygen atoms in total. The van der Waals surface area contributed by atoms with E-state index in [-0.39, 0.29) is 11.3 Å². The van der Waals surface area contributed by atoms with Gasteiger partial charge in [-0.2, -0.15) is 4.99 Å². The number of methoxy groups -OCH3 is 1. The monoisotopic (exact) mass is 545 g/mol. The van der Waals surface area contributed by atoms with Crippen molar-refractivity contribution in [1.29, 1.82) is 0 Å². The molecular formula is C20H24BrN3O6S2. The predicted octanol–water partition coefficient (Wildman–Crippen LogP) is 1.74. The second-order valence-electron chi connectivity index (χ2n) is 7.78. The molecule has 1 aromatic carbocycles. The van der Waals surface area contributed by atoms with Crippen LogP contribution in [0.2, 0.25) is 0 Å². The number of likely N-dealkylation sites (tertiary alicyclic amines) is 1. The lowest BCUT2D eigenvalue weighted by Gasteiger charge is -2.30. The molecule has 1 fully saturated rings. The molecule has 0 saturated carbocycles. The number of piperidine rings is 1. The molecule has 2 aromatic rings. The van der Waals surface area contributed by atoms with Crippen LogP contribution in [0.15, 0.2) is 27.7 Å². The van der Waals surface area contributed by atoms with Gasteiger partial charge in [0.2, 0.25) is 5.91 Å². The summed E-state index contributed by atoms with van der Waals surface area (Å²) >= 11 is 4.52. The maximum absolute atomic E-state index is 12.5. The number of ether oxygens (including phenoxy) is 1. The number of hydrogen-bond donors (Lipinski definition) is 0. The first-order chi connectivity index (χ1) is 15.1. The highest BCUT2D eigenvalue weighted by Crippen LogP contribution is 2.22. The van der Waals surface area contributed by atoms with E-state index < -0.39 is 39.1 Å². The Labute approximate surface area is 198 Å². The van der Waals surface area contributed by atoms with Gasteiger partial charge in [-0.3, -0.25) is 14.4 Å². The van der Waals surface area contributed by atoms with Gasteiger partial charge in [0.15, 0.2) is 14.6 Å². The Morgan fingerprint density at radius 1 is 1.28 bits per heavy atom. The molecule has 0 radical (unpaired) electrons. The molecule has 32 heavy (non-hydrogen) atoms. The number of fused-ring (bicyclic) bond motifs is 1. The third-order valence-corrected chi connectivity index (χ3v) is 7.98. The smallest absolute Gasteiger partial charge is 0.325 e. The van der Waals surface area contributed by atoms with Crippen molar-refractivity contribution < 1.29 is 27.5 Å². The highest BCUT2D eigenvalue weighted by Gasteiger charge is 2.27. The first-order valence-corrected chi connectivity index (χ1v) is 13.4. The number of thiazole rings is 1. The Bertz CT molecular complexity index is 1220. The van der Waals surface area contributed by atoms with Crippen LogP contribution in [0.5, 0.6) is 0 Å². The molecule has 0 N–H and O–H groups in total. The molecule has 1 unspecified atom stereocenters. The highest BCUT2D eigenvalue weighted by molar-refractivity contribution is 9.10. The number of aromatic nitrogens is 1. The Morgan fingerprint density at radius 2 is 2.03 bits per heavy atom. The average Bonchev–Trinajstić information content (AvgIpc) is 3.02. The molecule has 1 aromatic heterocycles. The van der Waals surface area contributed by atoms with E-state index in [1.807, 2.05) is 13.0 Å². The number of nitrogens with zero attached hydrogens (tertiary/aromatic N) is 3. The van der Waals surface area contributed by atoms with Crippen molar-refractivity contribution in [2.45, 2.75) is 26.3 Å². The van der Waals surface area contributed by atoms with Gasteiger partial charge in [-0.05, 0) is 37.0 Å². The van der Waals surface area contributed by atoms with Gasteiger partial charge in [0.05, 0.1) is 17.3 Å². The Morgan fingerprint density at radius 3 is 2.72 bits per heavy atom. The van der Waals surface area contributed by atoms with Crippen LogP contribution < -0.4 is 4.80 Å². The topological polar surface area (TPSA) is 115 Å². The minimum Gasteiger partial charge on any atom is -0.468 e. The predicted molar refractivity (Wildman–Crippen MR) is 124 cm³/mol. The third-order valence-electron chi connectivity index (χ3n) is 5.08. The standard InChI is InChI=1S/C20H24BrN3O6S2/c1-13-4-3-7-23(9-13)18(26)12-32(28,29)11-17(25)22-20-24(10-19(27)30-2)15-6-5-14(21)8-16(15)31-20/h5-6,8,13H,3-4,7,9-12H2,1-2H3. The fraction of sp³-hybridized carbons (Fsp3) is 0.500. The Balaban J connectivity index is 1.81. The van der Waals surface area contributed by atoms with Gasteiger partial charge >= 0.3 is 5.97 Å². The van der Waals surface area contributed by atoms with Crippen LogP contribution in [0, 0.1) is 5.92 Å². The highest BCUT2D eigenvalue weighted by atomic mass is 79.9. The molecule has 2 amide bonds. The maximum atomic E-state index is 12.5. The Hall–Kier alpha value is -2.05. The zero-order valence-electron chi connectivity index (χ0n) is 17.7. The number of benzene rings is 1. The summed E-state index contributed by atoms with van der Waals surface area (Å²) in [6, 6.07) is 5.36. The number of amides is 2. The fourth-order valence-electron chi connectivity index (χ4n) is 3.55. The SMILES string of the molecule is COC(=O)Cn1c(=NC(=O)CS(=O)(=O)CC(=O)N2CCCC(C)C2)sc2cc(Br)ccc21. The summed E-state index contributed by atoms with van der Waals surface area (Å²) in [4.78, 5) is 42.4. The summed E-state index contributed by atoms with van der Waals surface area (Å²) in [5.74, 6) is -3.19. The van der Waals surface area contributed by atoms with Crippen molar-refractivity contribution in [2.75, 3.05) is 31.7 Å². The van der Waals surface area contributed by atoms with Crippen LogP contribution >= 0.6 is 27.3 Å². The van der Waals surface area contributed by atoms with Gasteiger partial charge in [-0.15, -0.1) is 0 Å². The van der Waals surface area contributed by atoms with Crippen LogP contribution in [-0.2, 0) is 35.5 Å². The number of hydrogen-bond acceptors (Lipinski definition) is 7. The molecule has 174 valence electrons. The van der Waals surface area contributed by atoms with Crippen LogP contribution in [-0.4, -0.2) is 67.4 Å². The van der Waals surface area contributed by atoms with Crippen LogP contribution in [0.1, 0.15) is 19.8 Å². The number of sulfone groups is 1. The summed E-state index contributed by atoms with van der Waals surface area (Å²) in [6.45, 7) is 2.89. The van der Waals surface area contributed by atoms with E-state index in [9.17, 15) is 22.8 Å². The average molecular weight is 546 g/mol. The number of halogens is 1. The Kier molecular flexibility index (Phi) is 7.88. The number of carbonyl (C=O) groups excluding carboxylic acids is 3. The van der Waals surface area contributed by atoms with E-state index in [1.165, 1.54) is 11.7 Å².